The second-order valence-corrected chi connectivity index (χ2v) is 6.42. The Morgan fingerprint density at radius 1 is 1.26 bits per heavy atom. The summed E-state index contributed by atoms with van der Waals surface area (Å²) in [5.41, 5.74) is 1.11. The van der Waals surface area contributed by atoms with Crippen molar-refractivity contribution in [1.29, 1.82) is 0 Å². The second-order valence-electron chi connectivity index (χ2n) is 5.13. The van der Waals surface area contributed by atoms with Gasteiger partial charge >= 0.3 is 6.03 Å². The summed E-state index contributed by atoms with van der Waals surface area (Å²) in [5, 5.41) is 4.13. The molecule has 1 aromatic heterocycles. The summed E-state index contributed by atoms with van der Waals surface area (Å²) >= 11 is 1.73. The summed E-state index contributed by atoms with van der Waals surface area (Å²) in [6.45, 7) is 6.61. The molecule has 0 atom stereocenters. The highest BCUT2D eigenvalue weighted by Crippen LogP contribution is 2.16. The van der Waals surface area contributed by atoms with Crippen molar-refractivity contribution in [3.8, 4) is 0 Å². The van der Waals surface area contributed by atoms with E-state index in [0.717, 1.165) is 43.1 Å². The van der Waals surface area contributed by atoms with E-state index in [-0.39, 0.29) is 6.03 Å². The van der Waals surface area contributed by atoms with Gasteiger partial charge in [-0.1, -0.05) is 12.8 Å². The Balaban J connectivity index is 1.73. The minimum absolute atomic E-state index is 0.0897. The number of thiazole rings is 1. The molecule has 0 aliphatic carbocycles. The number of carbonyl (C=O) groups excluding carboxylic acids is 1. The first-order valence-electron chi connectivity index (χ1n) is 7.12. The van der Waals surface area contributed by atoms with E-state index in [0.29, 0.717) is 6.54 Å². The molecule has 0 aromatic carbocycles. The molecule has 106 valence electrons. The topological polar surface area (TPSA) is 45.2 Å². The zero-order valence-electron chi connectivity index (χ0n) is 11.9. The molecule has 0 spiro atoms. The van der Waals surface area contributed by atoms with Crippen molar-refractivity contribution in [1.82, 2.24) is 15.2 Å². The molecule has 0 bridgehead atoms. The van der Waals surface area contributed by atoms with E-state index in [1.165, 1.54) is 17.7 Å². The van der Waals surface area contributed by atoms with Crippen LogP contribution in [-0.4, -0.2) is 35.5 Å². The zero-order valence-corrected chi connectivity index (χ0v) is 12.7. The van der Waals surface area contributed by atoms with Crippen LogP contribution in [0.15, 0.2) is 0 Å². The van der Waals surface area contributed by atoms with Gasteiger partial charge in [0.25, 0.3) is 0 Å². The average Bonchev–Trinajstić information content (AvgIpc) is 2.62. The molecule has 2 amide bonds. The zero-order chi connectivity index (χ0) is 13.7. The number of hydrogen-bond donors (Lipinski definition) is 1. The molecule has 0 saturated carbocycles. The summed E-state index contributed by atoms with van der Waals surface area (Å²) in [5.74, 6) is 0. The van der Waals surface area contributed by atoms with Crippen LogP contribution in [0, 0.1) is 13.8 Å². The van der Waals surface area contributed by atoms with Crippen LogP contribution in [0.25, 0.3) is 0 Å². The third kappa shape index (κ3) is 4.20. The van der Waals surface area contributed by atoms with Crippen LogP contribution in [0.1, 0.15) is 41.3 Å². The highest BCUT2D eigenvalue weighted by Gasteiger charge is 2.14. The molecular formula is C14H23N3OS. The van der Waals surface area contributed by atoms with Gasteiger partial charge in [-0.2, -0.15) is 0 Å². The first-order chi connectivity index (χ1) is 9.16. The lowest BCUT2D eigenvalue weighted by Gasteiger charge is -2.20. The van der Waals surface area contributed by atoms with Crippen LogP contribution in [-0.2, 0) is 6.42 Å². The van der Waals surface area contributed by atoms with Crippen molar-refractivity contribution in [2.24, 2.45) is 0 Å². The van der Waals surface area contributed by atoms with E-state index in [1.54, 1.807) is 11.3 Å². The van der Waals surface area contributed by atoms with E-state index in [1.807, 2.05) is 11.8 Å². The molecule has 1 aliphatic heterocycles. The van der Waals surface area contributed by atoms with Gasteiger partial charge in [-0.15, -0.1) is 11.3 Å². The first-order valence-corrected chi connectivity index (χ1v) is 7.94. The monoisotopic (exact) mass is 281 g/mol. The summed E-state index contributed by atoms with van der Waals surface area (Å²) in [7, 11) is 0. The van der Waals surface area contributed by atoms with Crippen LogP contribution in [0.4, 0.5) is 4.79 Å². The van der Waals surface area contributed by atoms with Gasteiger partial charge in [-0.05, 0) is 26.7 Å². The number of amides is 2. The number of rotatable bonds is 3. The lowest BCUT2D eigenvalue weighted by atomic mass is 10.2. The number of nitrogens with zero attached hydrogens (tertiary/aromatic N) is 2. The van der Waals surface area contributed by atoms with Crippen LogP contribution in [0.5, 0.6) is 0 Å². The second kappa shape index (κ2) is 6.89. The third-order valence-corrected chi connectivity index (χ3v) is 4.71. The predicted molar refractivity (Wildman–Crippen MR) is 78.7 cm³/mol. The minimum Gasteiger partial charge on any atom is -0.338 e. The van der Waals surface area contributed by atoms with Gasteiger partial charge < -0.3 is 10.2 Å². The number of aromatic nitrogens is 1. The molecule has 0 unspecified atom stereocenters. The van der Waals surface area contributed by atoms with Gasteiger partial charge in [-0.3, -0.25) is 0 Å². The van der Waals surface area contributed by atoms with Crippen molar-refractivity contribution in [2.45, 2.75) is 46.0 Å². The van der Waals surface area contributed by atoms with E-state index in [2.05, 4.69) is 17.2 Å². The Hall–Kier alpha value is -1.10. The van der Waals surface area contributed by atoms with Crippen molar-refractivity contribution >= 4 is 17.4 Å². The highest BCUT2D eigenvalue weighted by atomic mass is 32.1. The maximum Gasteiger partial charge on any atom is 0.317 e. The van der Waals surface area contributed by atoms with Gasteiger partial charge in [0.1, 0.15) is 0 Å². The lowest BCUT2D eigenvalue weighted by Crippen LogP contribution is -2.41. The molecule has 0 radical (unpaired) electrons. The van der Waals surface area contributed by atoms with Crippen LogP contribution in [0.2, 0.25) is 0 Å². The fourth-order valence-corrected chi connectivity index (χ4v) is 3.24. The fraction of sp³-hybridized carbons (Fsp3) is 0.714. The maximum atomic E-state index is 12.0. The van der Waals surface area contributed by atoms with Gasteiger partial charge in [0.05, 0.1) is 10.7 Å². The third-order valence-electron chi connectivity index (χ3n) is 3.58. The Morgan fingerprint density at radius 2 is 1.95 bits per heavy atom. The molecule has 1 saturated heterocycles. The average molecular weight is 281 g/mol. The summed E-state index contributed by atoms with van der Waals surface area (Å²) in [6.07, 6.45) is 5.61. The number of hydrogen-bond acceptors (Lipinski definition) is 3. The minimum atomic E-state index is 0.0897. The van der Waals surface area contributed by atoms with Crippen LogP contribution in [0.3, 0.4) is 0 Å². The van der Waals surface area contributed by atoms with Crippen molar-refractivity contribution in [2.75, 3.05) is 19.6 Å². The number of nitrogens with one attached hydrogen (secondary N) is 1. The SMILES string of the molecule is Cc1nc(CCNC(=O)N2CCCCCC2)sc1C. The van der Waals surface area contributed by atoms with Crippen molar-refractivity contribution < 1.29 is 4.79 Å². The first kappa shape index (κ1) is 14.3. The maximum absolute atomic E-state index is 12.0. The Morgan fingerprint density at radius 3 is 2.53 bits per heavy atom. The molecule has 1 aromatic rings. The van der Waals surface area contributed by atoms with E-state index < -0.39 is 0 Å². The van der Waals surface area contributed by atoms with Gasteiger partial charge in [-0.25, -0.2) is 9.78 Å². The molecule has 2 heterocycles. The number of carbonyl (C=O) groups is 1. The predicted octanol–water partition coefficient (Wildman–Crippen LogP) is 2.89. The summed E-state index contributed by atoms with van der Waals surface area (Å²) in [6, 6.07) is 0.0897. The van der Waals surface area contributed by atoms with E-state index in [9.17, 15) is 4.79 Å². The molecule has 19 heavy (non-hydrogen) atoms. The summed E-state index contributed by atoms with van der Waals surface area (Å²) in [4.78, 5) is 19.7. The largest absolute Gasteiger partial charge is 0.338 e. The van der Waals surface area contributed by atoms with Crippen LogP contribution >= 0.6 is 11.3 Å². The Kier molecular flexibility index (Phi) is 5.19. The quantitative estimate of drug-likeness (QED) is 0.926. The van der Waals surface area contributed by atoms with E-state index >= 15 is 0 Å². The van der Waals surface area contributed by atoms with Crippen molar-refractivity contribution in [3.05, 3.63) is 15.6 Å². The van der Waals surface area contributed by atoms with Gasteiger partial charge in [0, 0.05) is 30.9 Å². The number of aryl methyl sites for hydroxylation is 2. The molecule has 1 fully saturated rings. The number of likely N-dealkylation sites (tertiary alicyclic amines) is 1. The lowest BCUT2D eigenvalue weighted by molar-refractivity contribution is 0.200. The molecular weight excluding hydrogens is 258 g/mol. The van der Waals surface area contributed by atoms with Gasteiger partial charge in [0.2, 0.25) is 0 Å². The van der Waals surface area contributed by atoms with Gasteiger partial charge in [0.15, 0.2) is 0 Å². The smallest absolute Gasteiger partial charge is 0.317 e. The Bertz CT molecular complexity index is 403. The normalized spacial score (nSPS) is 16.2. The van der Waals surface area contributed by atoms with E-state index in [4.69, 9.17) is 0 Å². The van der Waals surface area contributed by atoms with Crippen LogP contribution < -0.4 is 5.32 Å². The van der Waals surface area contributed by atoms with Crippen molar-refractivity contribution in [3.63, 3.8) is 0 Å². The molecule has 5 heteroatoms. The highest BCUT2D eigenvalue weighted by molar-refractivity contribution is 7.11. The molecule has 1 aliphatic rings. The Labute approximate surface area is 119 Å². The number of urea groups is 1. The molecule has 1 N–H and O–H groups in total. The fourth-order valence-electron chi connectivity index (χ4n) is 2.31. The molecule has 4 nitrogen and oxygen atoms in total. The standard InChI is InChI=1S/C14H23N3OS/c1-11-12(2)19-13(16-11)7-8-15-14(18)17-9-5-3-4-6-10-17/h3-10H2,1-2H3,(H,15,18). The summed E-state index contributed by atoms with van der Waals surface area (Å²) < 4.78 is 0. The molecule has 2 rings (SSSR count).